The monoisotopic (exact) mass is 259 g/mol. The third-order valence-corrected chi connectivity index (χ3v) is 3.27. The van der Waals surface area contributed by atoms with E-state index in [4.69, 9.17) is 5.73 Å². The molecule has 7 heteroatoms. The topological polar surface area (TPSA) is 105 Å². The van der Waals surface area contributed by atoms with E-state index in [1.807, 2.05) is 6.07 Å². The van der Waals surface area contributed by atoms with Crippen molar-refractivity contribution in [3.8, 4) is 11.3 Å². The fourth-order valence-corrected chi connectivity index (χ4v) is 2.23. The molecule has 7 nitrogen and oxygen atoms in total. The largest absolute Gasteiger partial charge is 0.384 e. The summed E-state index contributed by atoms with van der Waals surface area (Å²) in [5.74, 6) is 1.16. The maximum atomic E-state index is 5.80. The van der Waals surface area contributed by atoms with Crippen molar-refractivity contribution in [3.63, 3.8) is 0 Å². The predicted molar refractivity (Wildman–Crippen MR) is 73.5 cm³/mol. The van der Waals surface area contributed by atoms with E-state index in [9.17, 15) is 0 Å². The third-order valence-electron chi connectivity index (χ3n) is 3.27. The minimum Gasteiger partial charge on any atom is -0.384 e. The first kappa shape index (κ1) is 11.9. The van der Waals surface area contributed by atoms with Crippen LogP contribution in [0.25, 0.3) is 11.3 Å². The highest BCUT2D eigenvalue weighted by atomic mass is 15.2. The van der Waals surface area contributed by atoms with Gasteiger partial charge in [0.1, 0.15) is 5.82 Å². The zero-order valence-electron chi connectivity index (χ0n) is 10.6. The molecule has 1 fully saturated rings. The van der Waals surface area contributed by atoms with Gasteiger partial charge in [-0.2, -0.15) is 5.10 Å². The smallest absolute Gasteiger partial charge is 0.223 e. The molecule has 0 aromatic carbocycles. The highest BCUT2D eigenvalue weighted by Gasteiger charge is 2.14. The van der Waals surface area contributed by atoms with Crippen molar-refractivity contribution in [2.24, 2.45) is 0 Å². The number of H-pyrrole nitrogens is 1. The lowest BCUT2D eigenvalue weighted by atomic mass is 10.1. The Morgan fingerprint density at radius 3 is 2.89 bits per heavy atom. The van der Waals surface area contributed by atoms with E-state index in [-0.39, 0.29) is 0 Å². The number of nitrogens with zero attached hydrogens (tertiary/aromatic N) is 3. The van der Waals surface area contributed by atoms with Crippen LogP contribution in [-0.2, 0) is 0 Å². The summed E-state index contributed by atoms with van der Waals surface area (Å²) in [6.45, 7) is 2.07. The lowest BCUT2D eigenvalue weighted by molar-refractivity contribution is 0.477. The van der Waals surface area contributed by atoms with Crippen LogP contribution < -0.4 is 16.4 Å². The molecule has 0 aliphatic carbocycles. The molecule has 1 aliphatic rings. The number of hydrogen-bond donors (Lipinski definition) is 4. The average Bonchev–Trinajstić information content (AvgIpc) is 2.86. The Labute approximate surface area is 111 Å². The molecule has 0 bridgehead atoms. The Bertz CT molecular complexity index is 545. The molecule has 5 N–H and O–H groups in total. The van der Waals surface area contributed by atoms with E-state index < -0.39 is 0 Å². The van der Waals surface area contributed by atoms with Crippen LogP contribution in [0.2, 0.25) is 0 Å². The quantitative estimate of drug-likeness (QED) is 0.644. The summed E-state index contributed by atoms with van der Waals surface area (Å²) < 4.78 is 0. The molecule has 2 aromatic heterocycles. The molecule has 1 aliphatic heterocycles. The minimum atomic E-state index is 0.429. The van der Waals surface area contributed by atoms with Gasteiger partial charge in [0.05, 0.1) is 17.5 Å². The molecule has 0 unspecified atom stereocenters. The molecule has 0 saturated carbocycles. The first-order valence-corrected chi connectivity index (χ1v) is 6.42. The van der Waals surface area contributed by atoms with Crippen molar-refractivity contribution in [1.29, 1.82) is 0 Å². The van der Waals surface area contributed by atoms with Crippen molar-refractivity contribution in [2.75, 3.05) is 24.1 Å². The van der Waals surface area contributed by atoms with Gasteiger partial charge in [0.25, 0.3) is 0 Å². The number of nitrogen functional groups attached to an aromatic ring is 1. The van der Waals surface area contributed by atoms with Crippen molar-refractivity contribution < 1.29 is 0 Å². The fraction of sp³-hybridized carbons (Fsp3) is 0.417. The number of hydrogen-bond acceptors (Lipinski definition) is 6. The summed E-state index contributed by atoms with van der Waals surface area (Å²) in [5.41, 5.74) is 7.38. The summed E-state index contributed by atoms with van der Waals surface area (Å²) in [6, 6.07) is 2.26. The van der Waals surface area contributed by atoms with Gasteiger partial charge >= 0.3 is 0 Å². The Hall–Kier alpha value is -2.15. The molecule has 19 heavy (non-hydrogen) atoms. The van der Waals surface area contributed by atoms with Gasteiger partial charge in [0, 0.05) is 12.2 Å². The summed E-state index contributed by atoms with van der Waals surface area (Å²) in [6.07, 6.45) is 5.58. The normalized spacial score (nSPS) is 16.4. The number of nitrogens with two attached hydrogens (primary N) is 1. The van der Waals surface area contributed by atoms with Crippen LogP contribution in [0.4, 0.5) is 11.8 Å². The predicted octanol–water partition coefficient (Wildman–Crippen LogP) is 0.613. The van der Waals surface area contributed by atoms with Crippen LogP contribution in [0.3, 0.4) is 0 Å². The molecule has 1 saturated heterocycles. The van der Waals surface area contributed by atoms with E-state index in [2.05, 4.69) is 30.8 Å². The summed E-state index contributed by atoms with van der Waals surface area (Å²) in [4.78, 5) is 8.75. The van der Waals surface area contributed by atoms with Crippen LogP contribution in [0.5, 0.6) is 0 Å². The van der Waals surface area contributed by atoms with Gasteiger partial charge in [-0.15, -0.1) is 0 Å². The van der Waals surface area contributed by atoms with Gasteiger partial charge in [-0.1, -0.05) is 0 Å². The van der Waals surface area contributed by atoms with E-state index in [1.165, 1.54) is 0 Å². The van der Waals surface area contributed by atoms with Gasteiger partial charge < -0.3 is 16.4 Å². The van der Waals surface area contributed by atoms with Crippen molar-refractivity contribution >= 4 is 11.8 Å². The lowest BCUT2D eigenvalue weighted by Gasteiger charge is -2.23. The van der Waals surface area contributed by atoms with Gasteiger partial charge in [0.2, 0.25) is 5.95 Å². The fourth-order valence-electron chi connectivity index (χ4n) is 2.23. The van der Waals surface area contributed by atoms with Crippen molar-refractivity contribution in [1.82, 2.24) is 25.5 Å². The number of piperidine rings is 1. The number of nitrogens with one attached hydrogen (secondary N) is 3. The van der Waals surface area contributed by atoms with Crippen LogP contribution in [0, 0.1) is 0 Å². The number of rotatable bonds is 3. The van der Waals surface area contributed by atoms with Crippen LogP contribution in [0.15, 0.2) is 18.5 Å². The van der Waals surface area contributed by atoms with Gasteiger partial charge in [-0.05, 0) is 32.0 Å². The second kappa shape index (κ2) is 5.23. The van der Waals surface area contributed by atoms with E-state index >= 15 is 0 Å². The number of anilines is 2. The highest BCUT2D eigenvalue weighted by molar-refractivity contribution is 5.70. The zero-order chi connectivity index (χ0) is 13.1. The van der Waals surface area contributed by atoms with E-state index in [1.54, 1.807) is 12.4 Å². The van der Waals surface area contributed by atoms with Crippen LogP contribution in [0.1, 0.15) is 12.8 Å². The zero-order valence-corrected chi connectivity index (χ0v) is 10.6. The van der Waals surface area contributed by atoms with Gasteiger partial charge in [0.15, 0.2) is 0 Å². The highest BCUT2D eigenvalue weighted by Crippen LogP contribution is 2.22. The Balaban J connectivity index is 1.78. The molecular formula is C12H17N7. The van der Waals surface area contributed by atoms with Gasteiger partial charge in [-0.25, -0.2) is 9.97 Å². The summed E-state index contributed by atoms with van der Waals surface area (Å²) in [7, 11) is 0. The average molecular weight is 259 g/mol. The number of aromatic amines is 1. The SMILES string of the molecule is Nc1[nH]ncc1-c1ccnc(NC2CCNCC2)n1. The second-order valence-corrected chi connectivity index (χ2v) is 4.63. The Morgan fingerprint density at radius 1 is 1.32 bits per heavy atom. The van der Waals surface area contributed by atoms with Crippen LogP contribution in [-0.4, -0.2) is 39.3 Å². The maximum absolute atomic E-state index is 5.80. The Kier molecular flexibility index (Phi) is 3.28. The molecule has 3 heterocycles. The molecule has 0 amide bonds. The van der Waals surface area contributed by atoms with E-state index in [0.717, 1.165) is 37.2 Å². The van der Waals surface area contributed by atoms with E-state index in [0.29, 0.717) is 17.8 Å². The molecule has 0 atom stereocenters. The molecule has 3 rings (SSSR count). The molecule has 0 spiro atoms. The van der Waals surface area contributed by atoms with Crippen molar-refractivity contribution in [3.05, 3.63) is 18.5 Å². The standard InChI is InChI=1S/C12H17N7/c13-11-9(7-16-19-11)10-3-6-15-12(18-10)17-8-1-4-14-5-2-8/h3,6-8,14H,1-2,4-5H2,(H3,13,16,19)(H,15,17,18). The third kappa shape index (κ3) is 2.65. The molecule has 2 aromatic rings. The molecule has 0 radical (unpaired) electrons. The lowest BCUT2D eigenvalue weighted by Crippen LogP contribution is -2.35. The first-order chi connectivity index (χ1) is 9.33. The van der Waals surface area contributed by atoms with Crippen LogP contribution >= 0.6 is 0 Å². The second-order valence-electron chi connectivity index (χ2n) is 4.63. The number of aromatic nitrogens is 4. The summed E-state index contributed by atoms with van der Waals surface area (Å²) in [5, 5.41) is 13.3. The first-order valence-electron chi connectivity index (χ1n) is 6.42. The molecular weight excluding hydrogens is 242 g/mol. The van der Waals surface area contributed by atoms with Crippen molar-refractivity contribution in [2.45, 2.75) is 18.9 Å². The maximum Gasteiger partial charge on any atom is 0.223 e. The Morgan fingerprint density at radius 2 is 2.16 bits per heavy atom. The minimum absolute atomic E-state index is 0.429. The summed E-state index contributed by atoms with van der Waals surface area (Å²) >= 11 is 0. The van der Waals surface area contributed by atoms with Gasteiger partial charge in [-0.3, -0.25) is 5.10 Å². The molecule has 100 valence electrons.